The first-order chi connectivity index (χ1) is 4.45. The summed E-state index contributed by atoms with van der Waals surface area (Å²) in [6, 6.07) is 0. The normalized spacial score (nSPS) is 38.4. The van der Waals surface area contributed by atoms with Crippen LogP contribution in [0.25, 0.3) is 0 Å². The summed E-state index contributed by atoms with van der Waals surface area (Å²) >= 11 is 0. The lowest BCUT2D eigenvalue weighted by Gasteiger charge is -2.35. The molecule has 0 atom stereocenters. The van der Waals surface area contributed by atoms with E-state index in [1.807, 2.05) is 0 Å². The SMILES string of the molecule is C1NCC2CNCC1C2.N. The van der Waals surface area contributed by atoms with E-state index in [1.54, 1.807) is 0 Å². The number of fused-ring (bicyclic) bond motifs is 2. The third-order valence-electron chi connectivity index (χ3n) is 2.40. The second-order valence-corrected chi connectivity index (χ2v) is 3.28. The lowest BCUT2D eigenvalue weighted by atomic mass is 9.87. The first-order valence-corrected chi connectivity index (χ1v) is 3.86. The van der Waals surface area contributed by atoms with E-state index in [9.17, 15) is 0 Å². The molecule has 0 saturated carbocycles. The molecule has 0 aliphatic carbocycles. The third-order valence-corrected chi connectivity index (χ3v) is 2.40. The van der Waals surface area contributed by atoms with Crippen LogP contribution in [0, 0.1) is 11.8 Å². The number of rotatable bonds is 0. The van der Waals surface area contributed by atoms with Crippen LogP contribution in [0.3, 0.4) is 0 Å². The minimum Gasteiger partial charge on any atom is -0.344 e. The van der Waals surface area contributed by atoms with Gasteiger partial charge in [0.05, 0.1) is 0 Å². The Hall–Kier alpha value is -0.120. The Bertz CT molecular complexity index is 85.0. The fourth-order valence-electron chi connectivity index (χ4n) is 1.93. The lowest BCUT2D eigenvalue weighted by Crippen LogP contribution is -2.49. The van der Waals surface area contributed by atoms with Gasteiger partial charge in [-0.05, 0) is 44.4 Å². The van der Waals surface area contributed by atoms with Gasteiger partial charge in [0, 0.05) is 0 Å². The molecule has 3 nitrogen and oxygen atoms in total. The van der Waals surface area contributed by atoms with Gasteiger partial charge in [-0.15, -0.1) is 0 Å². The van der Waals surface area contributed by atoms with Crippen molar-refractivity contribution in [3.63, 3.8) is 0 Å². The maximum Gasteiger partial charge on any atom is -0.000814 e. The molecule has 2 rings (SSSR count). The molecule has 60 valence electrons. The molecule has 0 aromatic carbocycles. The van der Waals surface area contributed by atoms with Gasteiger partial charge in [0.1, 0.15) is 0 Å². The van der Waals surface area contributed by atoms with Gasteiger partial charge in [-0.2, -0.15) is 0 Å². The minimum absolute atomic E-state index is 0. The van der Waals surface area contributed by atoms with Crippen LogP contribution in [-0.2, 0) is 0 Å². The quantitative estimate of drug-likeness (QED) is 0.446. The molecule has 2 heterocycles. The Morgan fingerprint density at radius 3 is 1.50 bits per heavy atom. The third kappa shape index (κ3) is 1.48. The fourth-order valence-corrected chi connectivity index (χ4v) is 1.93. The van der Waals surface area contributed by atoms with Crippen LogP contribution in [0.2, 0.25) is 0 Å². The molecular weight excluding hydrogens is 126 g/mol. The molecule has 0 amide bonds. The molecule has 2 fully saturated rings. The van der Waals surface area contributed by atoms with Crippen molar-refractivity contribution >= 4 is 0 Å². The van der Waals surface area contributed by atoms with E-state index >= 15 is 0 Å². The van der Waals surface area contributed by atoms with Gasteiger partial charge in [0.25, 0.3) is 0 Å². The van der Waals surface area contributed by atoms with Crippen molar-refractivity contribution in [2.24, 2.45) is 11.8 Å². The topological polar surface area (TPSA) is 59.1 Å². The van der Waals surface area contributed by atoms with Crippen molar-refractivity contribution in [1.82, 2.24) is 16.8 Å². The Balaban J connectivity index is 0.000000500. The maximum absolute atomic E-state index is 3.45. The van der Waals surface area contributed by atoms with Gasteiger partial charge >= 0.3 is 0 Å². The van der Waals surface area contributed by atoms with Crippen molar-refractivity contribution in [3.8, 4) is 0 Å². The zero-order valence-electron chi connectivity index (χ0n) is 6.40. The van der Waals surface area contributed by atoms with Crippen molar-refractivity contribution in [1.29, 1.82) is 0 Å². The smallest absolute Gasteiger partial charge is 0.000814 e. The van der Waals surface area contributed by atoms with E-state index in [2.05, 4.69) is 10.6 Å². The minimum atomic E-state index is 0. The number of piperidine rings is 2. The summed E-state index contributed by atoms with van der Waals surface area (Å²) in [7, 11) is 0. The highest BCUT2D eigenvalue weighted by atomic mass is 15.0. The first kappa shape index (κ1) is 7.98. The van der Waals surface area contributed by atoms with E-state index in [0.717, 1.165) is 11.8 Å². The Morgan fingerprint density at radius 1 is 0.800 bits per heavy atom. The molecule has 5 N–H and O–H groups in total. The van der Waals surface area contributed by atoms with Gasteiger partial charge in [-0.1, -0.05) is 0 Å². The van der Waals surface area contributed by atoms with Crippen LogP contribution in [0.1, 0.15) is 6.42 Å². The molecule has 2 saturated heterocycles. The number of hydrogen-bond donors (Lipinski definition) is 3. The molecule has 2 bridgehead atoms. The van der Waals surface area contributed by atoms with E-state index in [1.165, 1.54) is 32.6 Å². The van der Waals surface area contributed by atoms with Crippen LogP contribution in [0.15, 0.2) is 0 Å². The maximum atomic E-state index is 3.45. The summed E-state index contributed by atoms with van der Waals surface area (Å²) in [5.41, 5.74) is 0. The molecule has 0 spiro atoms. The van der Waals surface area contributed by atoms with Crippen LogP contribution >= 0.6 is 0 Å². The molecule has 3 heteroatoms. The van der Waals surface area contributed by atoms with Gasteiger partial charge in [0.2, 0.25) is 0 Å². The first-order valence-electron chi connectivity index (χ1n) is 3.86. The molecule has 0 unspecified atom stereocenters. The lowest BCUT2D eigenvalue weighted by molar-refractivity contribution is 0.226. The highest BCUT2D eigenvalue weighted by Gasteiger charge is 2.24. The Kier molecular flexibility index (Phi) is 2.65. The second kappa shape index (κ2) is 3.32. The predicted molar refractivity (Wildman–Crippen MR) is 42.4 cm³/mol. The highest BCUT2D eigenvalue weighted by molar-refractivity contribution is 4.83. The second-order valence-electron chi connectivity index (χ2n) is 3.28. The summed E-state index contributed by atoms with van der Waals surface area (Å²) in [6.07, 6.45) is 1.46. The summed E-state index contributed by atoms with van der Waals surface area (Å²) in [5.74, 6) is 1.86. The van der Waals surface area contributed by atoms with E-state index in [0.29, 0.717) is 0 Å². The molecule has 10 heavy (non-hydrogen) atoms. The largest absolute Gasteiger partial charge is 0.344 e. The van der Waals surface area contributed by atoms with Crippen molar-refractivity contribution in [2.45, 2.75) is 6.42 Å². The molecule has 2 aliphatic heterocycles. The van der Waals surface area contributed by atoms with Crippen LogP contribution in [-0.4, -0.2) is 26.2 Å². The molecule has 0 radical (unpaired) electrons. The van der Waals surface area contributed by atoms with Gasteiger partial charge in [0.15, 0.2) is 0 Å². The zero-order valence-corrected chi connectivity index (χ0v) is 6.40. The standard InChI is InChI=1S/C7H14N2.H3N/c1-6-2-8-4-7(1)5-9-3-6;/h6-9H,1-5H2;1H3. The summed E-state index contributed by atoms with van der Waals surface area (Å²) in [5, 5.41) is 6.89. The van der Waals surface area contributed by atoms with Gasteiger partial charge in [-0.3, -0.25) is 0 Å². The van der Waals surface area contributed by atoms with Crippen molar-refractivity contribution < 1.29 is 0 Å². The molecular formula is C7H17N3. The Labute approximate surface area is 62.2 Å². The predicted octanol–water partition coefficient (Wildman–Crippen LogP) is -0.0227. The number of hydrogen-bond acceptors (Lipinski definition) is 3. The average Bonchev–Trinajstić information content (AvgIpc) is 1.88. The van der Waals surface area contributed by atoms with Crippen molar-refractivity contribution in [3.05, 3.63) is 0 Å². The van der Waals surface area contributed by atoms with E-state index in [-0.39, 0.29) is 6.15 Å². The Morgan fingerprint density at radius 2 is 1.20 bits per heavy atom. The molecule has 2 aliphatic rings. The molecule has 0 aromatic heterocycles. The van der Waals surface area contributed by atoms with Gasteiger partial charge < -0.3 is 16.8 Å². The molecule has 0 aromatic rings. The van der Waals surface area contributed by atoms with E-state index < -0.39 is 0 Å². The summed E-state index contributed by atoms with van der Waals surface area (Å²) < 4.78 is 0. The van der Waals surface area contributed by atoms with Gasteiger partial charge in [-0.25, -0.2) is 0 Å². The summed E-state index contributed by atoms with van der Waals surface area (Å²) in [4.78, 5) is 0. The van der Waals surface area contributed by atoms with Crippen LogP contribution in [0.4, 0.5) is 0 Å². The fraction of sp³-hybridized carbons (Fsp3) is 1.00. The van der Waals surface area contributed by atoms with E-state index in [4.69, 9.17) is 0 Å². The zero-order chi connectivity index (χ0) is 6.10. The monoisotopic (exact) mass is 143 g/mol. The highest BCUT2D eigenvalue weighted by Crippen LogP contribution is 2.18. The number of nitrogens with one attached hydrogen (secondary N) is 2. The van der Waals surface area contributed by atoms with Crippen LogP contribution in [0.5, 0.6) is 0 Å². The van der Waals surface area contributed by atoms with Crippen molar-refractivity contribution in [2.75, 3.05) is 26.2 Å². The average molecular weight is 143 g/mol. The summed E-state index contributed by atoms with van der Waals surface area (Å²) in [6.45, 7) is 4.96. The van der Waals surface area contributed by atoms with Crippen LogP contribution < -0.4 is 16.8 Å².